The molecule has 0 aromatic rings. The molecule has 1 fully saturated rings. The second-order valence-corrected chi connectivity index (χ2v) is 8.29. The molecular weight excluding hydrogens is 312 g/mol. The van der Waals surface area contributed by atoms with Crippen LogP contribution in [0.5, 0.6) is 0 Å². The molecule has 140 valence electrons. The second-order valence-electron chi connectivity index (χ2n) is 8.29. The number of fused-ring (bicyclic) bond motifs is 1. The van der Waals surface area contributed by atoms with Crippen molar-refractivity contribution in [3.63, 3.8) is 0 Å². The maximum absolute atomic E-state index is 12.8. The lowest BCUT2D eigenvalue weighted by Gasteiger charge is -2.47. The van der Waals surface area contributed by atoms with E-state index in [0.717, 1.165) is 38.5 Å². The largest absolute Gasteiger partial charge is 0.454 e. The van der Waals surface area contributed by atoms with Gasteiger partial charge in [-0.05, 0) is 71.1 Å². The monoisotopic (exact) mass is 346 g/mol. The Morgan fingerprint density at radius 1 is 1.32 bits per heavy atom. The van der Waals surface area contributed by atoms with Gasteiger partial charge >= 0.3 is 5.97 Å². The van der Waals surface area contributed by atoms with E-state index >= 15 is 0 Å². The molecule has 0 radical (unpaired) electrons. The normalized spacial score (nSPS) is 32.7. The molecule has 0 N–H and O–H groups in total. The first kappa shape index (κ1) is 19.9. The Labute approximate surface area is 152 Å². The van der Waals surface area contributed by atoms with Crippen LogP contribution in [0.15, 0.2) is 23.3 Å². The van der Waals surface area contributed by atoms with Crippen LogP contribution in [0.3, 0.4) is 0 Å². The van der Waals surface area contributed by atoms with E-state index < -0.39 is 6.10 Å². The van der Waals surface area contributed by atoms with Gasteiger partial charge in [-0.3, -0.25) is 9.59 Å². The van der Waals surface area contributed by atoms with Crippen molar-refractivity contribution in [3.05, 3.63) is 23.3 Å². The van der Waals surface area contributed by atoms with E-state index in [1.165, 1.54) is 18.1 Å². The van der Waals surface area contributed by atoms with Crippen LogP contribution in [0.1, 0.15) is 73.1 Å². The standard InChI is InChI=1S/C22H34O3/c1-14(2)8-6-10-16(4)18-13-12-15(3)9-7-11-19-20(18)21(24)22(19)25-17(5)23/h8-9,16,18-20,22H,6-7,10-13H2,1-5H3/b15-9+/t16-,18-,19?,20?,22+/m1/s1. The molecule has 3 nitrogen and oxygen atoms in total. The predicted molar refractivity (Wildman–Crippen MR) is 101 cm³/mol. The topological polar surface area (TPSA) is 43.4 Å². The Bertz CT molecular complexity index is 554. The average Bonchev–Trinajstić information content (AvgIpc) is 2.60. The minimum atomic E-state index is -0.498. The van der Waals surface area contributed by atoms with Gasteiger partial charge in [-0.1, -0.05) is 30.2 Å². The number of carbonyl (C=O) groups is 2. The summed E-state index contributed by atoms with van der Waals surface area (Å²) in [6.07, 6.45) is 10.4. The van der Waals surface area contributed by atoms with E-state index in [2.05, 4.69) is 39.8 Å². The molecule has 2 aliphatic carbocycles. The molecule has 0 bridgehead atoms. The van der Waals surface area contributed by atoms with Gasteiger partial charge in [0.2, 0.25) is 0 Å². The smallest absolute Gasteiger partial charge is 0.303 e. The molecular formula is C22H34O3. The summed E-state index contributed by atoms with van der Waals surface area (Å²) in [4.78, 5) is 24.1. The third-order valence-electron chi connectivity index (χ3n) is 5.98. The van der Waals surface area contributed by atoms with Crippen LogP contribution in [0.2, 0.25) is 0 Å². The number of esters is 1. The number of ether oxygens (including phenoxy) is 1. The average molecular weight is 347 g/mol. The number of rotatable bonds is 5. The van der Waals surface area contributed by atoms with Crippen molar-refractivity contribution in [2.24, 2.45) is 23.7 Å². The predicted octanol–water partition coefficient (Wildman–Crippen LogP) is 5.25. The zero-order valence-corrected chi connectivity index (χ0v) is 16.5. The molecule has 0 aliphatic heterocycles. The first-order valence-corrected chi connectivity index (χ1v) is 9.81. The molecule has 0 amide bonds. The Kier molecular flexibility index (Phi) is 7.04. The van der Waals surface area contributed by atoms with Gasteiger partial charge in [0.15, 0.2) is 11.9 Å². The van der Waals surface area contributed by atoms with E-state index in [0.29, 0.717) is 11.8 Å². The molecule has 5 atom stereocenters. The molecule has 1 saturated carbocycles. The Morgan fingerprint density at radius 3 is 2.68 bits per heavy atom. The third kappa shape index (κ3) is 5.05. The summed E-state index contributed by atoms with van der Waals surface area (Å²) in [6.45, 7) is 10.2. The zero-order valence-electron chi connectivity index (χ0n) is 16.5. The van der Waals surface area contributed by atoms with Crippen molar-refractivity contribution in [2.75, 3.05) is 0 Å². The molecule has 0 aromatic heterocycles. The lowest BCUT2D eigenvalue weighted by Crippen LogP contribution is -2.57. The first-order chi connectivity index (χ1) is 11.8. The molecule has 3 heteroatoms. The quantitative estimate of drug-likeness (QED) is 0.504. The Balaban J connectivity index is 2.14. The van der Waals surface area contributed by atoms with E-state index in [1.54, 1.807) is 0 Å². The van der Waals surface area contributed by atoms with Gasteiger partial charge in [0.25, 0.3) is 0 Å². The summed E-state index contributed by atoms with van der Waals surface area (Å²) >= 11 is 0. The molecule has 2 rings (SSSR count). The van der Waals surface area contributed by atoms with Crippen LogP contribution in [0.4, 0.5) is 0 Å². The van der Waals surface area contributed by atoms with Gasteiger partial charge < -0.3 is 4.74 Å². The van der Waals surface area contributed by atoms with Crippen molar-refractivity contribution >= 4 is 11.8 Å². The summed E-state index contributed by atoms with van der Waals surface area (Å²) in [7, 11) is 0. The third-order valence-corrected chi connectivity index (χ3v) is 5.98. The highest BCUT2D eigenvalue weighted by Crippen LogP contribution is 2.47. The lowest BCUT2D eigenvalue weighted by molar-refractivity contribution is -0.177. The highest BCUT2D eigenvalue weighted by molar-refractivity contribution is 5.94. The summed E-state index contributed by atoms with van der Waals surface area (Å²) in [6, 6.07) is 0. The van der Waals surface area contributed by atoms with Crippen LogP contribution in [0, 0.1) is 23.7 Å². The summed E-state index contributed by atoms with van der Waals surface area (Å²) in [5.41, 5.74) is 2.78. The molecule has 0 saturated heterocycles. The summed E-state index contributed by atoms with van der Waals surface area (Å²) < 4.78 is 5.35. The number of hydrogen-bond acceptors (Lipinski definition) is 3. The summed E-state index contributed by atoms with van der Waals surface area (Å²) in [5.74, 6) is 1.02. The Hall–Kier alpha value is -1.38. The van der Waals surface area contributed by atoms with Gasteiger partial charge in [0.1, 0.15) is 0 Å². The molecule has 2 aliphatic rings. The van der Waals surface area contributed by atoms with Crippen molar-refractivity contribution in [2.45, 2.75) is 79.2 Å². The van der Waals surface area contributed by atoms with E-state index in [-0.39, 0.29) is 23.6 Å². The summed E-state index contributed by atoms with van der Waals surface area (Å²) in [5, 5.41) is 0. The first-order valence-electron chi connectivity index (χ1n) is 9.81. The molecule has 0 aromatic carbocycles. The zero-order chi connectivity index (χ0) is 18.6. The maximum Gasteiger partial charge on any atom is 0.303 e. The van der Waals surface area contributed by atoms with Crippen molar-refractivity contribution in [1.82, 2.24) is 0 Å². The minimum Gasteiger partial charge on any atom is -0.454 e. The molecule has 0 spiro atoms. The molecule has 0 heterocycles. The fraction of sp³-hybridized carbons (Fsp3) is 0.727. The lowest BCUT2D eigenvalue weighted by atomic mass is 9.58. The van der Waals surface area contributed by atoms with E-state index in [9.17, 15) is 9.59 Å². The van der Waals surface area contributed by atoms with E-state index in [4.69, 9.17) is 4.74 Å². The number of Topliss-reactive ketones (excluding diaryl/α,β-unsaturated/α-hetero) is 1. The van der Waals surface area contributed by atoms with Crippen LogP contribution in [-0.4, -0.2) is 17.9 Å². The van der Waals surface area contributed by atoms with Gasteiger partial charge in [0, 0.05) is 18.8 Å². The number of allylic oxidation sites excluding steroid dienone is 4. The highest BCUT2D eigenvalue weighted by Gasteiger charge is 2.55. The van der Waals surface area contributed by atoms with Crippen LogP contribution in [-0.2, 0) is 14.3 Å². The van der Waals surface area contributed by atoms with Gasteiger partial charge in [-0.25, -0.2) is 0 Å². The van der Waals surface area contributed by atoms with Gasteiger partial charge in [-0.2, -0.15) is 0 Å². The fourth-order valence-electron chi connectivity index (χ4n) is 4.55. The van der Waals surface area contributed by atoms with Crippen molar-refractivity contribution < 1.29 is 14.3 Å². The molecule has 25 heavy (non-hydrogen) atoms. The maximum atomic E-state index is 12.8. The molecule has 2 unspecified atom stereocenters. The number of hydrogen-bond donors (Lipinski definition) is 0. The van der Waals surface area contributed by atoms with Crippen LogP contribution in [0.25, 0.3) is 0 Å². The highest BCUT2D eigenvalue weighted by atomic mass is 16.5. The van der Waals surface area contributed by atoms with Crippen molar-refractivity contribution in [3.8, 4) is 0 Å². The van der Waals surface area contributed by atoms with Gasteiger partial charge in [-0.15, -0.1) is 0 Å². The fourth-order valence-corrected chi connectivity index (χ4v) is 4.55. The Morgan fingerprint density at radius 2 is 2.04 bits per heavy atom. The second kappa shape index (κ2) is 8.82. The van der Waals surface area contributed by atoms with E-state index in [1.807, 2.05) is 0 Å². The van der Waals surface area contributed by atoms with Crippen LogP contribution < -0.4 is 0 Å². The van der Waals surface area contributed by atoms with Gasteiger partial charge in [0.05, 0.1) is 0 Å². The van der Waals surface area contributed by atoms with Crippen LogP contribution >= 0.6 is 0 Å². The number of ketones is 1. The van der Waals surface area contributed by atoms with Crippen molar-refractivity contribution in [1.29, 1.82) is 0 Å². The number of carbonyl (C=O) groups excluding carboxylic acids is 2. The minimum absolute atomic E-state index is 0.0744. The SMILES string of the molecule is CC(=O)O[C@@H]1C(=O)C2C1CC/C=C(\C)CC[C@@H]2[C@H](C)CCC=C(C)C.